The van der Waals surface area contributed by atoms with Crippen LogP contribution in [0.5, 0.6) is 0 Å². The van der Waals surface area contributed by atoms with Crippen molar-refractivity contribution >= 4 is 0 Å². The van der Waals surface area contributed by atoms with Crippen molar-refractivity contribution in [2.24, 2.45) is 0 Å². The third-order valence-electron chi connectivity index (χ3n) is 12.8. The summed E-state index contributed by atoms with van der Waals surface area (Å²) in [5.74, 6) is 1.88. The first-order valence-electron chi connectivity index (χ1n) is 23.2. The monoisotopic (exact) mass is 869 g/mol. The lowest BCUT2D eigenvalue weighted by molar-refractivity contribution is 1.07. The predicted octanol–water partition coefficient (Wildman–Crippen LogP) is 17.2. The SMILES string of the molecule is Cc1cccc(C)c1-c1cccc(-c2nc(-c3ccccc3)nc(-c3cccc(-c4cccc(-c5cc(-c6ccccc6)c(-c6ccccc6)c(-c6ccccc6)c5-c5ccccc5)c4)c3)n2)c1. The molecule has 0 fully saturated rings. The Morgan fingerprint density at radius 2 is 0.515 bits per heavy atom. The molecular formula is C65H47N3. The average molecular weight is 870 g/mol. The number of aromatic nitrogens is 3. The maximum atomic E-state index is 5.21. The third-order valence-corrected chi connectivity index (χ3v) is 12.8. The first-order chi connectivity index (χ1) is 33.6. The summed E-state index contributed by atoms with van der Waals surface area (Å²) in [6.45, 7) is 4.33. The molecule has 0 aliphatic carbocycles. The average Bonchev–Trinajstić information content (AvgIpc) is 3.41. The number of nitrogens with zero attached hydrogens (tertiary/aromatic N) is 3. The number of benzene rings is 10. The molecule has 0 unspecified atom stereocenters. The van der Waals surface area contributed by atoms with Gasteiger partial charge in [0.15, 0.2) is 17.5 Å². The van der Waals surface area contributed by atoms with Crippen LogP contribution in [-0.2, 0) is 0 Å². The normalized spacial score (nSPS) is 11.1. The Kier molecular flexibility index (Phi) is 11.5. The van der Waals surface area contributed by atoms with E-state index in [9.17, 15) is 0 Å². The summed E-state index contributed by atoms with van der Waals surface area (Å²) in [7, 11) is 0. The molecule has 0 atom stereocenters. The summed E-state index contributed by atoms with van der Waals surface area (Å²) in [6.07, 6.45) is 0. The topological polar surface area (TPSA) is 38.7 Å². The van der Waals surface area contributed by atoms with E-state index in [1.54, 1.807) is 0 Å². The standard InChI is InChI=1S/C65H47N3/c1-44-22-18-23-45(2)59(44)54-37-21-39-56(42-54)65-67-63(50-32-16-7-17-33-50)66-64(68-65)55-38-20-35-52(41-55)51-34-19-36-53(40-51)58-43-57(46-24-8-3-9-25-46)60(47-26-10-4-11-27-47)62(49-30-14-6-15-31-49)61(58)48-28-12-5-13-29-48/h3-43H,1-2H3. The van der Waals surface area contributed by atoms with E-state index in [2.05, 4.69) is 244 Å². The van der Waals surface area contributed by atoms with Crippen molar-refractivity contribution in [3.8, 4) is 112 Å². The van der Waals surface area contributed by atoms with E-state index in [1.807, 2.05) is 18.2 Å². The highest BCUT2D eigenvalue weighted by Crippen LogP contribution is 2.50. The second-order valence-corrected chi connectivity index (χ2v) is 17.2. The van der Waals surface area contributed by atoms with E-state index >= 15 is 0 Å². The zero-order valence-corrected chi connectivity index (χ0v) is 38.0. The molecule has 322 valence electrons. The Hall–Kier alpha value is -8.79. The van der Waals surface area contributed by atoms with Crippen LogP contribution < -0.4 is 0 Å². The molecule has 1 aromatic heterocycles. The zero-order chi connectivity index (χ0) is 45.8. The fraction of sp³-hybridized carbons (Fsp3) is 0.0308. The Balaban J connectivity index is 1.08. The number of aryl methyl sites for hydroxylation is 2. The third kappa shape index (κ3) is 8.34. The fourth-order valence-electron chi connectivity index (χ4n) is 9.60. The lowest BCUT2D eigenvalue weighted by atomic mass is 9.78. The molecule has 68 heavy (non-hydrogen) atoms. The Morgan fingerprint density at radius 3 is 1.00 bits per heavy atom. The molecule has 11 rings (SSSR count). The van der Waals surface area contributed by atoms with Gasteiger partial charge in [0.25, 0.3) is 0 Å². The second kappa shape index (κ2) is 18.6. The molecular weight excluding hydrogens is 823 g/mol. The van der Waals surface area contributed by atoms with Crippen LogP contribution in [-0.4, -0.2) is 15.0 Å². The summed E-state index contributed by atoms with van der Waals surface area (Å²) in [5, 5.41) is 0. The number of hydrogen-bond donors (Lipinski definition) is 0. The van der Waals surface area contributed by atoms with E-state index in [4.69, 9.17) is 15.0 Å². The Bertz CT molecular complexity index is 3530. The Labute approximate surface area is 398 Å². The largest absolute Gasteiger partial charge is 0.208 e. The summed E-state index contributed by atoms with van der Waals surface area (Å²) >= 11 is 0. The molecule has 0 spiro atoms. The lowest BCUT2D eigenvalue weighted by Gasteiger charge is -2.24. The molecule has 10 aromatic carbocycles. The van der Waals surface area contributed by atoms with Gasteiger partial charge in [0.2, 0.25) is 0 Å². The van der Waals surface area contributed by atoms with Crippen LogP contribution in [0.1, 0.15) is 11.1 Å². The van der Waals surface area contributed by atoms with Gasteiger partial charge in [-0.25, -0.2) is 15.0 Å². The lowest BCUT2D eigenvalue weighted by Crippen LogP contribution is -2.00. The Morgan fingerprint density at radius 1 is 0.206 bits per heavy atom. The molecule has 0 aliphatic heterocycles. The van der Waals surface area contributed by atoms with Gasteiger partial charge in [0.1, 0.15) is 0 Å². The molecule has 3 heteroatoms. The van der Waals surface area contributed by atoms with Crippen molar-refractivity contribution in [3.63, 3.8) is 0 Å². The van der Waals surface area contributed by atoms with Gasteiger partial charge < -0.3 is 0 Å². The maximum Gasteiger partial charge on any atom is 0.164 e. The van der Waals surface area contributed by atoms with Crippen molar-refractivity contribution < 1.29 is 0 Å². The molecule has 0 saturated heterocycles. The minimum atomic E-state index is 0.618. The summed E-state index contributed by atoms with van der Waals surface area (Å²) in [4.78, 5) is 15.5. The van der Waals surface area contributed by atoms with Gasteiger partial charge in [-0.2, -0.15) is 0 Å². The van der Waals surface area contributed by atoms with Gasteiger partial charge in [-0.15, -0.1) is 0 Å². The molecule has 0 aliphatic rings. The molecule has 11 aromatic rings. The first kappa shape index (κ1) is 41.9. The van der Waals surface area contributed by atoms with E-state index in [0.717, 1.165) is 61.2 Å². The van der Waals surface area contributed by atoms with Gasteiger partial charge in [0.05, 0.1) is 0 Å². The van der Waals surface area contributed by atoms with Crippen molar-refractivity contribution in [3.05, 3.63) is 260 Å². The molecule has 0 N–H and O–H groups in total. The van der Waals surface area contributed by atoms with Gasteiger partial charge in [0, 0.05) is 16.7 Å². The highest BCUT2D eigenvalue weighted by atomic mass is 15.0. The minimum absolute atomic E-state index is 0.618. The van der Waals surface area contributed by atoms with E-state index in [0.29, 0.717) is 17.5 Å². The smallest absolute Gasteiger partial charge is 0.164 e. The van der Waals surface area contributed by atoms with E-state index < -0.39 is 0 Å². The van der Waals surface area contributed by atoms with Crippen LogP contribution in [0.2, 0.25) is 0 Å². The summed E-state index contributed by atoms with van der Waals surface area (Å²) in [6, 6.07) is 88.5. The second-order valence-electron chi connectivity index (χ2n) is 17.2. The molecule has 3 nitrogen and oxygen atoms in total. The predicted molar refractivity (Wildman–Crippen MR) is 284 cm³/mol. The quantitative estimate of drug-likeness (QED) is 0.137. The van der Waals surface area contributed by atoms with Crippen molar-refractivity contribution in [2.75, 3.05) is 0 Å². The van der Waals surface area contributed by atoms with Crippen LogP contribution in [0.25, 0.3) is 112 Å². The van der Waals surface area contributed by atoms with Crippen LogP contribution in [0.4, 0.5) is 0 Å². The maximum absolute atomic E-state index is 5.21. The van der Waals surface area contributed by atoms with Crippen LogP contribution >= 0.6 is 0 Å². The van der Waals surface area contributed by atoms with E-state index in [-0.39, 0.29) is 0 Å². The number of rotatable bonds is 10. The molecule has 0 radical (unpaired) electrons. The van der Waals surface area contributed by atoms with Crippen molar-refractivity contribution in [1.82, 2.24) is 15.0 Å². The van der Waals surface area contributed by atoms with Gasteiger partial charge in [-0.1, -0.05) is 224 Å². The minimum Gasteiger partial charge on any atom is -0.208 e. The van der Waals surface area contributed by atoms with Crippen molar-refractivity contribution in [2.45, 2.75) is 13.8 Å². The highest BCUT2D eigenvalue weighted by Gasteiger charge is 2.24. The summed E-state index contributed by atoms with van der Waals surface area (Å²) in [5.41, 5.74) is 21.5. The molecule has 0 bridgehead atoms. The van der Waals surface area contributed by atoms with Crippen LogP contribution in [0, 0.1) is 13.8 Å². The first-order valence-corrected chi connectivity index (χ1v) is 23.2. The molecule has 0 saturated carbocycles. The summed E-state index contributed by atoms with van der Waals surface area (Å²) < 4.78 is 0. The molecule has 1 heterocycles. The fourth-order valence-corrected chi connectivity index (χ4v) is 9.60. The van der Waals surface area contributed by atoms with Gasteiger partial charge in [-0.05, 0) is 127 Å². The van der Waals surface area contributed by atoms with Gasteiger partial charge >= 0.3 is 0 Å². The molecule has 0 amide bonds. The highest BCUT2D eigenvalue weighted by molar-refractivity contribution is 6.07. The van der Waals surface area contributed by atoms with Crippen molar-refractivity contribution in [1.29, 1.82) is 0 Å². The van der Waals surface area contributed by atoms with Crippen LogP contribution in [0.15, 0.2) is 249 Å². The number of hydrogen-bond acceptors (Lipinski definition) is 3. The zero-order valence-electron chi connectivity index (χ0n) is 38.0. The van der Waals surface area contributed by atoms with Gasteiger partial charge in [-0.3, -0.25) is 0 Å². The van der Waals surface area contributed by atoms with Crippen LogP contribution in [0.3, 0.4) is 0 Å². The van der Waals surface area contributed by atoms with E-state index in [1.165, 1.54) is 44.5 Å².